The zero-order valence-corrected chi connectivity index (χ0v) is 9.58. The minimum Gasteiger partial charge on any atom is -0.493 e. The van der Waals surface area contributed by atoms with E-state index in [1.54, 1.807) is 12.1 Å². The van der Waals surface area contributed by atoms with Crippen LogP contribution in [0.4, 0.5) is 5.69 Å². The van der Waals surface area contributed by atoms with E-state index >= 15 is 0 Å². The highest BCUT2D eigenvalue weighted by molar-refractivity contribution is 5.95. The summed E-state index contributed by atoms with van der Waals surface area (Å²) in [6.07, 6.45) is 1.25. The molecule has 0 saturated heterocycles. The Morgan fingerprint density at radius 2 is 1.94 bits per heavy atom. The maximum atomic E-state index is 11.0. The molecule has 1 aromatic carbocycles. The van der Waals surface area contributed by atoms with Crippen LogP contribution < -0.4 is 0 Å². The summed E-state index contributed by atoms with van der Waals surface area (Å²) in [7, 11) is 0. The average molecular weight is 245 g/mol. The molecule has 0 unspecified atom stereocenters. The van der Waals surface area contributed by atoms with Crippen LogP contribution >= 0.6 is 0 Å². The number of benzene rings is 1. The van der Waals surface area contributed by atoms with E-state index in [1.165, 1.54) is 10.8 Å². The van der Waals surface area contributed by atoms with Gasteiger partial charge in [-0.2, -0.15) is 5.11 Å². The number of aromatic hydroxyl groups is 1. The van der Waals surface area contributed by atoms with Crippen molar-refractivity contribution in [2.75, 3.05) is 0 Å². The predicted molar refractivity (Wildman–Crippen MR) is 63.9 cm³/mol. The minimum atomic E-state index is -1.23. The molecule has 0 saturated carbocycles. The second-order valence-corrected chi connectivity index (χ2v) is 3.84. The summed E-state index contributed by atoms with van der Waals surface area (Å²) >= 11 is 0. The molecular formula is C12H11N3O3. The topological polar surface area (TPSA) is 98.7 Å². The number of nitrogens with zero attached hydrogens (tertiary/aromatic N) is 2. The van der Waals surface area contributed by atoms with Crippen molar-refractivity contribution in [1.82, 2.24) is 4.57 Å². The Morgan fingerprint density at radius 1 is 1.33 bits per heavy atom. The Morgan fingerprint density at radius 3 is 2.39 bits per heavy atom. The fourth-order valence-corrected chi connectivity index (χ4v) is 1.65. The third-order valence-corrected chi connectivity index (χ3v) is 2.61. The molecule has 0 fully saturated rings. The van der Waals surface area contributed by atoms with Crippen LogP contribution in [-0.4, -0.2) is 20.7 Å². The summed E-state index contributed by atoms with van der Waals surface area (Å²) in [6.45, 7) is 1.92. The first-order valence-corrected chi connectivity index (χ1v) is 5.16. The lowest BCUT2D eigenvalue weighted by atomic mass is 10.2. The van der Waals surface area contributed by atoms with Gasteiger partial charge < -0.3 is 10.2 Å². The Labute approximate surface area is 103 Å². The molecule has 92 valence electrons. The van der Waals surface area contributed by atoms with E-state index in [1.807, 2.05) is 19.1 Å². The highest BCUT2D eigenvalue weighted by Gasteiger charge is 2.20. The van der Waals surface area contributed by atoms with E-state index in [2.05, 4.69) is 5.11 Å². The van der Waals surface area contributed by atoms with Crippen molar-refractivity contribution in [3.05, 3.63) is 41.6 Å². The third kappa shape index (κ3) is 1.84. The molecule has 0 aliphatic rings. The molecule has 18 heavy (non-hydrogen) atoms. The molecule has 1 heterocycles. The Hall–Kier alpha value is -2.63. The van der Waals surface area contributed by atoms with Gasteiger partial charge in [0.15, 0.2) is 5.69 Å². The van der Waals surface area contributed by atoms with E-state index in [0.29, 0.717) is 5.69 Å². The van der Waals surface area contributed by atoms with Gasteiger partial charge in [-0.15, -0.1) is 0 Å². The monoisotopic (exact) mass is 245 g/mol. The quantitative estimate of drug-likeness (QED) is 0.725. The molecule has 0 radical (unpaired) electrons. The first kappa shape index (κ1) is 11.8. The maximum Gasteiger partial charge on any atom is 0.339 e. The van der Waals surface area contributed by atoms with Crippen LogP contribution in [0, 0.1) is 12.5 Å². The van der Waals surface area contributed by atoms with Crippen molar-refractivity contribution in [2.45, 2.75) is 6.92 Å². The van der Waals surface area contributed by atoms with Crippen molar-refractivity contribution in [2.24, 2.45) is 5.11 Å². The average Bonchev–Trinajstić information content (AvgIpc) is 2.67. The zero-order valence-electron chi connectivity index (χ0n) is 9.58. The predicted octanol–water partition coefficient (Wildman–Crippen LogP) is 2.85. The van der Waals surface area contributed by atoms with Gasteiger partial charge in [0.25, 0.3) is 0 Å². The van der Waals surface area contributed by atoms with Gasteiger partial charge >= 0.3 is 5.97 Å². The molecule has 0 atom stereocenters. The number of nitrogens with one attached hydrogen (secondary N) is 1. The van der Waals surface area contributed by atoms with Crippen molar-refractivity contribution in [1.29, 1.82) is 5.53 Å². The number of rotatable bonds is 3. The van der Waals surface area contributed by atoms with Gasteiger partial charge in [-0.1, -0.05) is 17.7 Å². The summed E-state index contributed by atoms with van der Waals surface area (Å²) in [5.41, 5.74) is 8.12. The van der Waals surface area contributed by atoms with Crippen LogP contribution in [0.2, 0.25) is 0 Å². The number of carboxylic acid groups (broad SMARTS) is 1. The highest BCUT2D eigenvalue weighted by atomic mass is 16.4. The van der Waals surface area contributed by atoms with E-state index in [0.717, 1.165) is 5.56 Å². The Balaban J connectivity index is 2.62. The van der Waals surface area contributed by atoms with Crippen LogP contribution in [0.25, 0.3) is 5.69 Å². The van der Waals surface area contributed by atoms with Gasteiger partial charge in [0.1, 0.15) is 5.56 Å². The highest BCUT2D eigenvalue weighted by Crippen LogP contribution is 2.35. The second kappa shape index (κ2) is 4.33. The largest absolute Gasteiger partial charge is 0.493 e. The van der Waals surface area contributed by atoms with Crippen LogP contribution in [0.15, 0.2) is 35.6 Å². The maximum absolute atomic E-state index is 11.0. The number of carbonyl (C=O) groups is 1. The van der Waals surface area contributed by atoms with E-state index in [-0.39, 0.29) is 17.1 Å². The lowest BCUT2D eigenvalue weighted by molar-refractivity contribution is 0.0697. The summed E-state index contributed by atoms with van der Waals surface area (Å²) < 4.78 is 1.29. The molecule has 0 amide bonds. The van der Waals surface area contributed by atoms with Gasteiger partial charge in [-0.25, -0.2) is 10.3 Å². The lowest BCUT2D eigenvalue weighted by Gasteiger charge is -2.04. The zero-order chi connectivity index (χ0) is 13.3. The van der Waals surface area contributed by atoms with Crippen LogP contribution in [0.5, 0.6) is 5.88 Å². The molecule has 0 aliphatic heterocycles. The summed E-state index contributed by atoms with van der Waals surface area (Å²) in [5, 5.41) is 21.9. The fourth-order valence-electron chi connectivity index (χ4n) is 1.65. The molecule has 0 bridgehead atoms. The molecule has 6 heteroatoms. The van der Waals surface area contributed by atoms with Crippen molar-refractivity contribution >= 4 is 11.7 Å². The van der Waals surface area contributed by atoms with Gasteiger partial charge in [0, 0.05) is 11.9 Å². The Kier molecular flexibility index (Phi) is 2.85. The van der Waals surface area contributed by atoms with Crippen molar-refractivity contribution in [3.63, 3.8) is 0 Å². The molecular weight excluding hydrogens is 234 g/mol. The third-order valence-electron chi connectivity index (χ3n) is 2.61. The van der Waals surface area contributed by atoms with Gasteiger partial charge in [0.05, 0.1) is 0 Å². The summed E-state index contributed by atoms with van der Waals surface area (Å²) in [4.78, 5) is 11.0. The SMILES string of the molecule is Cc1ccc(-n2cc(C(=O)O)c(N=N)c2O)cc1. The number of hydrogen-bond acceptors (Lipinski definition) is 4. The molecule has 0 aliphatic carbocycles. The van der Waals surface area contributed by atoms with Crippen LogP contribution in [-0.2, 0) is 0 Å². The van der Waals surface area contributed by atoms with Gasteiger partial charge in [-0.05, 0) is 19.1 Å². The van der Waals surface area contributed by atoms with E-state index < -0.39 is 5.97 Å². The molecule has 3 N–H and O–H groups in total. The standard InChI is InChI=1S/C12H11N3O3/c1-7-2-4-8(5-3-7)15-6-9(12(17)18)10(14-13)11(15)16/h2-6,13,16H,1H3,(H,17,18). The van der Waals surface area contributed by atoms with Gasteiger partial charge in [0.2, 0.25) is 5.88 Å². The molecule has 2 rings (SSSR count). The Bertz CT molecular complexity index is 614. The van der Waals surface area contributed by atoms with Crippen LogP contribution in [0.3, 0.4) is 0 Å². The first-order valence-electron chi connectivity index (χ1n) is 5.16. The normalized spacial score (nSPS) is 10.3. The number of aromatic nitrogens is 1. The number of aryl methyl sites for hydroxylation is 1. The first-order chi connectivity index (χ1) is 8.54. The summed E-state index contributed by atoms with van der Waals surface area (Å²) in [6, 6.07) is 7.17. The smallest absolute Gasteiger partial charge is 0.339 e. The lowest BCUT2D eigenvalue weighted by Crippen LogP contribution is -1.95. The number of aromatic carboxylic acids is 1. The minimum absolute atomic E-state index is 0.205. The van der Waals surface area contributed by atoms with E-state index in [4.69, 9.17) is 10.6 Å². The second-order valence-electron chi connectivity index (χ2n) is 3.84. The van der Waals surface area contributed by atoms with Gasteiger partial charge in [-0.3, -0.25) is 4.57 Å². The molecule has 6 nitrogen and oxygen atoms in total. The summed E-state index contributed by atoms with van der Waals surface area (Å²) in [5.74, 6) is -1.59. The van der Waals surface area contributed by atoms with Crippen LogP contribution in [0.1, 0.15) is 15.9 Å². The number of carboxylic acids is 1. The molecule has 2 aromatic rings. The molecule has 1 aromatic heterocycles. The van der Waals surface area contributed by atoms with Crippen molar-refractivity contribution in [3.8, 4) is 11.6 Å². The van der Waals surface area contributed by atoms with E-state index in [9.17, 15) is 9.90 Å². The molecule has 0 spiro atoms. The number of hydrogen-bond donors (Lipinski definition) is 3. The fraction of sp³-hybridized carbons (Fsp3) is 0.0833. The van der Waals surface area contributed by atoms with Crippen molar-refractivity contribution < 1.29 is 15.0 Å².